The Kier molecular flexibility index (Phi) is 5.99. The molecule has 0 saturated heterocycles. The summed E-state index contributed by atoms with van der Waals surface area (Å²) in [6.07, 6.45) is 5.60. The molecular formula is C25H28N2O2. The van der Waals surface area contributed by atoms with Crippen LogP contribution in [0, 0.1) is 0 Å². The lowest BCUT2D eigenvalue weighted by Gasteiger charge is -2.15. The van der Waals surface area contributed by atoms with Crippen molar-refractivity contribution < 1.29 is 9.94 Å². The van der Waals surface area contributed by atoms with Gasteiger partial charge in [-0.1, -0.05) is 43.3 Å². The van der Waals surface area contributed by atoms with E-state index in [2.05, 4.69) is 54.4 Å². The van der Waals surface area contributed by atoms with Crippen LogP contribution in [-0.2, 0) is 12.8 Å². The van der Waals surface area contributed by atoms with Crippen LogP contribution in [0.1, 0.15) is 47.9 Å². The summed E-state index contributed by atoms with van der Waals surface area (Å²) >= 11 is 0. The van der Waals surface area contributed by atoms with Crippen molar-refractivity contribution in [3.63, 3.8) is 0 Å². The molecule has 0 radical (unpaired) electrons. The van der Waals surface area contributed by atoms with Gasteiger partial charge in [-0.05, 0) is 71.7 Å². The summed E-state index contributed by atoms with van der Waals surface area (Å²) in [5.41, 5.74) is 6.31. The van der Waals surface area contributed by atoms with Crippen molar-refractivity contribution in [1.82, 2.24) is 4.73 Å². The van der Waals surface area contributed by atoms with Crippen molar-refractivity contribution in [1.29, 1.82) is 0 Å². The molecule has 0 amide bonds. The monoisotopic (exact) mass is 388 g/mol. The molecule has 1 aliphatic rings. The topological polar surface area (TPSA) is 46.8 Å². The van der Waals surface area contributed by atoms with Crippen LogP contribution < -0.4 is 10.2 Å². The van der Waals surface area contributed by atoms with Gasteiger partial charge in [0.15, 0.2) is 5.49 Å². The van der Waals surface area contributed by atoms with E-state index in [1.54, 1.807) is 18.3 Å². The van der Waals surface area contributed by atoms with E-state index in [4.69, 9.17) is 4.74 Å². The van der Waals surface area contributed by atoms with Crippen molar-refractivity contribution in [3.05, 3.63) is 94.6 Å². The predicted octanol–water partition coefficient (Wildman–Crippen LogP) is 4.74. The Morgan fingerprint density at radius 1 is 1.03 bits per heavy atom. The highest BCUT2D eigenvalue weighted by Crippen LogP contribution is 2.35. The first-order valence-corrected chi connectivity index (χ1v) is 10.4. The van der Waals surface area contributed by atoms with Gasteiger partial charge in [-0.2, -0.15) is 4.73 Å². The van der Waals surface area contributed by atoms with Gasteiger partial charge in [0.1, 0.15) is 5.75 Å². The lowest BCUT2D eigenvalue weighted by Crippen LogP contribution is -2.17. The van der Waals surface area contributed by atoms with Gasteiger partial charge in [0.05, 0.1) is 6.61 Å². The largest absolute Gasteiger partial charge is 0.494 e. The number of rotatable bonds is 6. The third kappa shape index (κ3) is 4.53. The standard InChI is InChI=1S/C25H28N2O2/c1-2-19-16-20-11-12-23(18-22(20)17-21-8-3-4-9-24(19)21)29-15-7-13-26-25-10-5-6-14-27(25)28/h3-6,8-12,14,18-19,28H,2,7,13,15-17H2,1H3. The molecule has 1 unspecified atom stereocenters. The lowest BCUT2D eigenvalue weighted by molar-refractivity contribution is 0.171. The summed E-state index contributed by atoms with van der Waals surface area (Å²) in [6, 6.07) is 20.8. The summed E-state index contributed by atoms with van der Waals surface area (Å²) in [6.45, 7) is 3.50. The van der Waals surface area contributed by atoms with E-state index in [-0.39, 0.29) is 0 Å². The highest BCUT2D eigenvalue weighted by atomic mass is 16.5. The molecule has 0 spiro atoms. The minimum absolute atomic E-state index is 0.557. The number of aromatic nitrogens is 1. The molecular weight excluding hydrogens is 360 g/mol. The number of fused-ring (bicyclic) bond motifs is 2. The summed E-state index contributed by atoms with van der Waals surface area (Å²) in [5.74, 6) is 1.52. The molecule has 4 heteroatoms. The van der Waals surface area contributed by atoms with Crippen LogP contribution in [-0.4, -0.2) is 23.1 Å². The van der Waals surface area contributed by atoms with Gasteiger partial charge in [0, 0.05) is 19.2 Å². The van der Waals surface area contributed by atoms with Crippen molar-refractivity contribution in [2.45, 2.75) is 38.5 Å². The zero-order valence-electron chi connectivity index (χ0n) is 16.9. The number of benzene rings is 2. The Hall–Kier alpha value is -3.01. The van der Waals surface area contributed by atoms with Crippen LogP contribution in [0.2, 0.25) is 0 Å². The van der Waals surface area contributed by atoms with Gasteiger partial charge >= 0.3 is 0 Å². The molecule has 0 saturated carbocycles. The molecule has 1 aliphatic carbocycles. The molecule has 1 aromatic heterocycles. The van der Waals surface area contributed by atoms with Crippen LogP contribution in [0.15, 0.2) is 71.9 Å². The molecule has 3 aromatic rings. The Bertz CT molecular complexity index is 1040. The normalized spacial score (nSPS) is 16.0. The Morgan fingerprint density at radius 2 is 1.90 bits per heavy atom. The van der Waals surface area contributed by atoms with Gasteiger partial charge in [-0.25, -0.2) is 0 Å². The van der Waals surface area contributed by atoms with E-state index in [1.807, 2.05) is 6.07 Å². The molecule has 1 heterocycles. The van der Waals surface area contributed by atoms with Crippen molar-refractivity contribution in [2.24, 2.45) is 4.99 Å². The predicted molar refractivity (Wildman–Crippen MR) is 115 cm³/mol. The highest BCUT2D eigenvalue weighted by molar-refractivity contribution is 5.45. The number of hydrogen-bond acceptors (Lipinski definition) is 3. The lowest BCUT2D eigenvalue weighted by atomic mass is 9.89. The molecule has 0 bridgehead atoms. The van der Waals surface area contributed by atoms with Crippen molar-refractivity contribution in [2.75, 3.05) is 13.2 Å². The zero-order valence-corrected chi connectivity index (χ0v) is 16.9. The molecule has 0 fully saturated rings. The first-order chi connectivity index (χ1) is 14.2. The average molecular weight is 389 g/mol. The fourth-order valence-electron chi connectivity index (χ4n) is 4.09. The molecule has 0 aliphatic heterocycles. The maximum absolute atomic E-state index is 9.68. The van der Waals surface area contributed by atoms with Gasteiger partial charge in [-0.15, -0.1) is 0 Å². The second-order valence-corrected chi connectivity index (χ2v) is 7.60. The smallest absolute Gasteiger partial charge is 0.163 e. The fourth-order valence-corrected chi connectivity index (χ4v) is 4.09. The van der Waals surface area contributed by atoms with Gasteiger partial charge < -0.3 is 9.94 Å². The van der Waals surface area contributed by atoms with Crippen LogP contribution in [0.4, 0.5) is 0 Å². The molecule has 150 valence electrons. The SMILES string of the molecule is CCC1Cc2ccc(OCCCN=c3ccccn3O)cc2Cc2ccccc21. The molecule has 4 rings (SSSR count). The maximum atomic E-state index is 9.68. The summed E-state index contributed by atoms with van der Waals surface area (Å²) in [7, 11) is 0. The first-order valence-electron chi connectivity index (χ1n) is 10.4. The second-order valence-electron chi connectivity index (χ2n) is 7.60. The van der Waals surface area contributed by atoms with E-state index >= 15 is 0 Å². The minimum atomic E-state index is 0.557. The van der Waals surface area contributed by atoms with E-state index in [1.165, 1.54) is 22.3 Å². The molecule has 1 N–H and O–H groups in total. The Morgan fingerprint density at radius 3 is 2.76 bits per heavy atom. The minimum Gasteiger partial charge on any atom is -0.494 e. The fraction of sp³-hybridized carbons (Fsp3) is 0.320. The van der Waals surface area contributed by atoms with Gasteiger partial charge in [0.2, 0.25) is 0 Å². The third-order valence-corrected chi connectivity index (χ3v) is 5.68. The second kappa shape index (κ2) is 8.99. The number of ether oxygens (including phenoxy) is 1. The number of nitrogens with zero attached hydrogens (tertiary/aromatic N) is 2. The van der Waals surface area contributed by atoms with Crippen LogP contribution in [0.25, 0.3) is 0 Å². The molecule has 29 heavy (non-hydrogen) atoms. The van der Waals surface area contributed by atoms with Crippen LogP contribution in [0.5, 0.6) is 5.75 Å². The molecule has 1 atom stereocenters. The van der Waals surface area contributed by atoms with E-state index < -0.39 is 0 Å². The van der Waals surface area contributed by atoms with E-state index in [9.17, 15) is 5.21 Å². The number of hydrogen-bond donors (Lipinski definition) is 1. The quantitative estimate of drug-likeness (QED) is 0.490. The third-order valence-electron chi connectivity index (χ3n) is 5.68. The van der Waals surface area contributed by atoms with Crippen LogP contribution >= 0.6 is 0 Å². The first kappa shape index (κ1) is 19.3. The molecule has 2 aromatic carbocycles. The maximum Gasteiger partial charge on any atom is 0.163 e. The van der Waals surface area contributed by atoms with Gasteiger partial charge in [-0.3, -0.25) is 4.99 Å². The van der Waals surface area contributed by atoms with Crippen LogP contribution in [0.3, 0.4) is 0 Å². The van der Waals surface area contributed by atoms with E-state index in [0.29, 0.717) is 24.6 Å². The Balaban J connectivity index is 1.41. The van der Waals surface area contributed by atoms with Crippen molar-refractivity contribution in [3.8, 4) is 5.75 Å². The zero-order chi connectivity index (χ0) is 20.1. The molecule has 4 nitrogen and oxygen atoms in total. The summed E-state index contributed by atoms with van der Waals surface area (Å²) < 4.78 is 7.03. The Labute approximate surface area is 172 Å². The average Bonchev–Trinajstić information content (AvgIpc) is 2.90. The number of pyridine rings is 1. The van der Waals surface area contributed by atoms with Crippen molar-refractivity contribution >= 4 is 0 Å². The van der Waals surface area contributed by atoms with Gasteiger partial charge in [0.25, 0.3) is 0 Å². The highest BCUT2D eigenvalue weighted by Gasteiger charge is 2.20. The summed E-state index contributed by atoms with van der Waals surface area (Å²) in [5, 5.41) is 9.68. The summed E-state index contributed by atoms with van der Waals surface area (Å²) in [4.78, 5) is 4.40. The van der Waals surface area contributed by atoms with E-state index in [0.717, 1.165) is 36.2 Å².